The highest BCUT2D eigenvalue weighted by Crippen LogP contribution is 2.66. The SMILES string of the molecule is CC(=O)O[C@@H]1CC[C@]2(C)[C@H](CC=C3[C@@H]2C(=O)C[C@]2(C)[C@@H]([C@H](C)CCC=C(C)C)CC[C@@H]32)C1. The molecule has 3 nitrogen and oxygen atoms in total. The minimum Gasteiger partial charge on any atom is -0.463 e. The Morgan fingerprint density at radius 1 is 1.19 bits per heavy atom. The predicted octanol–water partition coefficient (Wildman–Crippen LogP) is 7.06. The molecule has 0 bridgehead atoms. The Balaban J connectivity index is 1.55. The molecule has 0 aromatic rings. The summed E-state index contributed by atoms with van der Waals surface area (Å²) >= 11 is 0. The lowest BCUT2D eigenvalue weighted by Crippen LogP contribution is -2.54. The zero-order valence-corrected chi connectivity index (χ0v) is 21.2. The average molecular weight is 441 g/mol. The van der Waals surface area contributed by atoms with Gasteiger partial charge in [-0.3, -0.25) is 9.59 Å². The van der Waals surface area contributed by atoms with E-state index < -0.39 is 0 Å². The molecular formula is C29H44O3. The molecule has 0 amide bonds. The second kappa shape index (κ2) is 8.76. The molecule has 3 fully saturated rings. The number of fused-ring (bicyclic) bond motifs is 5. The van der Waals surface area contributed by atoms with Crippen LogP contribution < -0.4 is 0 Å². The van der Waals surface area contributed by atoms with E-state index in [9.17, 15) is 9.59 Å². The normalized spacial score (nSPS) is 41.6. The standard InChI is InChI=1S/C29H44O3/c1-18(2)8-7-9-19(3)24-12-13-25-23-11-10-21-16-22(32-20(4)30)14-15-28(21,5)27(23)26(31)17-29(24,25)6/h8,11,19,21-22,24-25,27H,7,9-10,12-17H2,1-6H3/t19-,21-,22-,24-,25+,27-,28-,29-/m1/s1. The summed E-state index contributed by atoms with van der Waals surface area (Å²) in [6.07, 6.45) is 14.4. The van der Waals surface area contributed by atoms with E-state index in [1.54, 1.807) is 0 Å². The summed E-state index contributed by atoms with van der Waals surface area (Å²) in [5.74, 6) is 2.75. The molecule has 4 aliphatic rings. The van der Waals surface area contributed by atoms with Crippen molar-refractivity contribution in [3.8, 4) is 0 Å². The van der Waals surface area contributed by atoms with Crippen molar-refractivity contribution in [1.29, 1.82) is 0 Å². The van der Waals surface area contributed by atoms with Crippen LogP contribution in [-0.4, -0.2) is 17.9 Å². The first-order valence-corrected chi connectivity index (χ1v) is 13.1. The van der Waals surface area contributed by atoms with Crippen molar-refractivity contribution in [3.63, 3.8) is 0 Å². The van der Waals surface area contributed by atoms with Crippen LogP contribution in [0.2, 0.25) is 0 Å². The third-order valence-corrected chi connectivity index (χ3v) is 10.00. The lowest BCUT2D eigenvalue weighted by atomic mass is 9.47. The van der Waals surface area contributed by atoms with Crippen LogP contribution in [0.25, 0.3) is 0 Å². The minimum absolute atomic E-state index is 0.0296. The van der Waals surface area contributed by atoms with Crippen LogP contribution in [0.15, 0.2) is 23.3 Å². The first-order valence-electron chi connectivity index (χ1n) is 13.1. The Morgan fingerprint density at radius 3 is 2.62 bits per heavy atom. The number of ketones is 1. The molecule has 3 saturated carbocycles. The topological polar surface area (TPSA) is 43.4 Å². The lowest BCUT2D eigenvalue weighted by molar-refractivity contribution is -0.154. The monoisotopic (exact) mass is 440 g/mol. The van der Waals surface area contributed by atoms with E-state index in [0.717, 1.165) is 38.5 Å². The van der Waals surface area contributed by atoms with Gasteiger partial charge in [0.25, 0.3) is 0 Å². The van der Waals surface area contributed by atoms with Crippen molar-refractivity contribution in [2.45, 2.75) is 105 Å². The predicted molar refractivity (Wildman–Crippen MR) is 129 cm³/mol. The molecule has 0 radical (unpaired) electrons. The fraction of sp³-hybridized carbons (Fsp3) is 0.793. The maximum Gasteiger partial charge on any atom is 0.302 e. The quantitative estimate of drug-likeness (QED) is 0.339. The van der Waals surface area contributed by atoms with E-state index in [-0.39, 0.29) is 28.8 Å². The van der Waals surface area contributed by atoms with Crippen LogP contribution in [-0.2, 0) is 14.3 Å². The maximum absolute atomic E-state index is 13.8. The van der Waals surface area contributed by atoms with Gasteiger partial charge in [0.15, 0.2) is 0 Å². The lowest BCUT2D eigenvalue weighted by Gasteiger charge is -2.56. The van der Waals surface area contributed by atoms with E-state index in [2.05, 4.69) is 46.8 Å². The molecule has 8 atom stereocenters. The second-order valence-electron chi connectivity index (χ2n) is 12.3. The van der Waals surface area contributed by atoms with Crippen LogP contribution in [0, 0.1) is 40.4 Å². The van der Waals surface area contributed by atoms with Crippen molar-refractivity contribution in [3.05, 3.63) is 23.3 Å². The van der Waals surface area contributed by atoms with Gasteiger partial charge in [-0.15, -0.1) is 0 Å². The number of Topliss-reactive ketones (excluding diaryl/α,β-unsaturated/α-hetero) is 1. The fourth-order valence-corrected chi connectivity index (χ4v) is 8.46. The number of esters is 1. The molecule has 3 heteroatoms. The fourth-order valence-electron chi connectivity index (χ4n) is 8.46. The van der Waals surface area contributed by atoms with Crippen LogP contribution >= 0.6 is 0 Å². The van der Waals surface area contributed by atoms with Crippen LogP contribution in [0.3, 0.4) is 0 Å². The average Bonchev–Trinajstić information content (AvgIpc) is 3.03. The molecule has 0 saturated heterocycles. The summed E-state index contributed by atoms with van der Waals surface area (Å²) in [6.45, 7) is 13.1. The van der Waals surface area contributed by atoms with Crippen molar-refractivity contribution < 1.29 is 14.3 Å². The summed E-state index contributed by atoms with van der Waals surface area (Å²) in [6, 6.07) is 0. The maximum atomic E-state index is 13.8. The van der Waals surface area contributed by atoms with Crippen molar-refractivity contribution in [1.82, 2.24) is 0 Å². The molecule has 0 unspecified atom stereocenters. The Labute approximate surface area is 195 Å². The van der Waals surface area contributed by atoms with Crippen LogP contribution in [0.5, 0.6) is 0 Å². The smallest absolute Gasteiger partial charge is 0.302 e. The summed E-state index contributed by atoms with van der Waals surface area (Å²) in [4.78, 5) is 25.3. The van der Waals surface area contributed by atoms with Gasteiger partial charge in [-0.1, -0.05) is 44.1 Å². The molecule has 0 aromatic heterocycles. The van der Waals surface area contributed by atoms with Crippen molar-refractivity contribution in [2.24, 2.45) is 40.4 Å². The molecule has 32 heavy (non-hydrogen) atoms. The Hall–Kier alpha value is -1.38. The first-order chi connectivity index (χ1) is 15.1. The van der Waals surface area contributed by atoms with Gasteiger partial charge in [0, 0.05) is 19.3 Å². The van der Waals surface area contributed by atoms with Crippen molar-refractivity contribution >= 4 is 11.8 Å². The summed E-state index contributed by atoms with van der Waals surface area (Å²) in [7, 11) is 0. The number of carbonyl (C=O) groups excluding carboxylic acids is 2. The Morgan fingerprint density at radius 2 is 1.94 bits per heavy atom. The molecule has 0 heterocycles. The molecule has 0 N–H and O–H groups in total. The molecule has 4 rings (SSSR count). The molecule has 0 aromatic carbocycles. The van der Waals surface area contributed by atoms with Gasteiger partial charge in [0.2, 0.25) is 0 Å². The third-order valence-electron chi connectivity index (χ3n) is 10.00. The van der Waals surface area contributed by atoms with Gasteiger partial charge in [0.05, 0.1) is 0 Å². The summed E-state index contributed by atoms with van der Waals surface area (Å²) < 4.78 is 5.57. The van der Waals surface area contributed by atoms with Gasteiger partial charge in [-0.2, -0.15) is 0 Å². The summed E-state index contributed by atoms with van der Waals surface area (Å²) in [5, 5.41) is 0. The first kappa shape index (κ1) is 23.8. The summed E-state index contributed by atoms with van der Waals surface area (Å²) in [5.41, 5.74) is 3.06. The Bertz CT molecular complexity index is 818. The molecule has 178 valence electrons. The van der Waals surface area contributed by atoms with E-state index in [1.807, 2.05) is 0 Å². The van der Waals surface area contributed by atoms with E-state index in [0.29, 0.717) is 29.5 Å². The van der Waals surface area contributed by atoms with Crippen LogP contribution in [0.4, 0.5) is 0 Å². The molecule has 0 spiro atoms. The number of hydrogen-bond donors (Lipinski definition) is 0. The highest BCUT2D eigenvalue weighted by atomic mass is 16.5. The zero-order chi connectivity index (χ0) is 23.3. The number of rotatable bonds is 5. The number of carbonyl (C=O) groups is 2. The molecule has 4 aliphatic carbocycles. The van der Waals surface area contributed by atoms with E-state index in [4.69, 9.17) is 4.74 Å². The largest absolute Gasteiger partial charge is 0.463 e. The van der Waals surface area contributed by atoms with Crippen LogP contribution in [0.1, 0.15) is 99.3 Å². The zero-order valence-electron chi connectivity index (χ0n) is 21.2. The van der Waals surface area contributed by atoms with Gasteiger partial charge >= 0.3 is 5.97 Å². The molecular weight excluding hydrogens is 396 g/mol. The number of hydrogen-bond acceptors (Lipinski definition) is 3. The number of allylic oxidation sites excluding steroid dienone is 4. The molecule has 0 aliphatic heterocycles. The number of ether oxygens (including phenoxy) is 1. The Kier molecular flexibility index (Phi) is 6.51. The third kappa shape index (κ3) is 4.03. The second-order valence-corrected chi connectivity index (χ2v) is 12.3. The van der Waals surface area contributed by atoms with Gasteiger partial charge in [-0.25, -0.2) is 0 Å². The minimum atomic E-state index is -0.175. The van der Waals surface area contributed by atoms with Crippen molar-refractivity contribution in [2.75, 3.05) is 0 Å². The van der Waals surface area contributed by atoms with E-state index >= 15 is 0 Å². The van der Waals surface area contributed by atoms with Gasteiger partial charge in [-0.05, 0) is 99.7 Å². The van der Waals surface area contributed by atoms with Gasteiger partial charge in [0.1, 0.15) is 11.9 Å². The highest BCUT2D eigenvalue weighted by Gasteiger charge is 2.61. The highest BCUT2D eigenvalue weighted by molar-refractivity contribution is 5.87. The van der Waals surface area contributed by atoms with Gasteiger partial charge < -0.3 is 4.74 Å². The van der Waals surface area contributed by atoms with E-state index in [1.165, 1.54) is 37.3 Å².